The molecular weight excluding hydrogens is 260 g/mol. The normalized spacial score (nSPS) is 17.9. The zero-order chi connectivity index (χ0) is 15.1. The summed E-state index contributed by atoms with van der Waals surface area (Å²) in [7, 11) is 1.87. The van der Waals surface area contributed by atoms with Crippen LogP contribution in [0.15, 0.2) is 35.3 Å². The van der Waals surface area contributed by atoms with Gasteiger partial charge in [-0.3, -0.25) is 4.99 Å². The summed E-state index contributed by atoms with van der Waals surface area (Å²) in [5, 5.41) is 6.90. The molecule has 2 N–H and O–H groups in total. The highest BCUT2D eigenvalue weighted by Crippen LogP contribution is 2.28. The quantitative estimate of drug-likeness (QED) is 0.497. The van der Waals surface area contributed by atoms with Crippen LogP contribution in [-0.2, 0) is 0 Å². The first-order valence-electron chi connectivity index (χ1n) is 7.85. The van der Waals surface area contributed by atoms with Gasteiger partial charge in [-0.1, -0.05) is 32.0 Å². The summed E-state index contributed by atoms with van der Waals surface area (Å²) >= 11 is 0. The molecule has 0 unspecified atom stereocenters. The van der Waals surface area contributed by atoms with Crippen LogP contribution in [0.4, 0.5) is 5.69 Å². The molecule has 0 radical (unpaired) electrons. The van der Waals surface area contributed by atoms with Crippen molar-refractivity contribution < 1.29 is 0 Å². The van der Waals surface area contributed by atoms with Crippen molar-refractivity contribution >= 4 is 11.6 Å². The smallest absolute Gasteiger partial charge is 0.193 e. The van der Waals surface area contributed by atoms with Crippen molar-refractivity contribution in [3.63, 3.8) is 0 Å². The molecule has 0 bridgehead atoms. The summed E-state index contributed by atoms with van der Waals surface area (Å²) in [6, 6.07) is 10.3. The fourth-order valence-electron chi connectivity index (χ4n) is 2.70. The molecular formula is C17H28N4. The molecule has 2 rings (SSSR count). The van der Waals surface area contributed by atoms with Gasteiger partial charge in [0.25, 0.3) is 0 Å². The molecule has 1 aromatic carbocycles. The van der Waals surface area contributed by atoms with E-state index in [4.69, 9.17) is 0 Å². The van der Waals surface area contributed by atoms with Crippen LogP contribution < -0.4 is 10.6 Å². The second-order valence-corrected chi connectivity index (χ2v) is 6.46. The molecule has 0 aromatic heterocycles. The molecule has 1 aromatic rings. The Morgan fingerprint density at radius 2 is 2.00 bits per heavy atom. The maximum Gasteiger partial charge on any atom is 0.193 e. The predicted octanol–water partition coefficient (Wildman–Crippen LogP) is 2.80. The Morgan fingerprint density at radius 3 is 2.62 bits per heavy atom. The van der Waals surface area contributed by atoms with Crippen LogP contribution in [0.1, 0.15) is 26.7 Å². The number of nitrogens with one attached hydrogen (secondary N) is 2. The number of para-hydroxylation sites is 1. The first kappa shape index (κ1) is 15.7. The molecule has 0 atom stereocenters. The van der Waals surface area contributed by atoms with Crippen LogP contribution in [0.3, 0.4) is 0 Å². The van der Waals surface area contributed by atoms with Gasteiger partial charge in [0.15, 0.2) is 5.96 Å². The number of rotatable bonds is 5. The van der Waals surface area contributed by atoms with Crippen LogP contribution in [-0.4, -0.2) is 44.1 Å². The fourth-order valence-corrected chi connectivity index (χ4v) is 2.70. The summed E-state index contributed by atoms with van der Waals surface area (Å²) in [5.74, 6) is 1.04. The molecule has 1 saturated heterocycles. The molecule has 0 saturated carbocycles. The van der Waals surface area contributed by atoms with Gasteiger partial charge in [0.05, 0.1) is 0 Å². The van der Waals surface area contributed by atoms with Crippen LogP contribution >= 0.6 is 0 Å². The van der Waals surface area contributed by atoms with Crippen molar-refractivity contribution in [2.45, 2.75) is 26.7 Å². The number of nitrogens with zero attached hydrogens (tertiary/aromatic N) is 2. The maximum absolute atomic E-state index is 4.40. The zero-order valence-electron chi connectivity index (χ0n) is 13.5. The van der Waals surface area contributed by atoms with Crippen LogP contribution in [0.2, 0.25) is 0 Å². The van der Waals surface area contributed by atoms with Gasteiger partial charge in [-0.15, -0.1) is 0 Å². The van der Waals surface area contributed by atoms with E-state index < -0.39 is 0 Å². The average molecular weight is 288 g/mol. The van der Waals surface area contributed by atoms with Gasteiger partial charge in [0.1, 0.15) is 0 Å². The molecule has 0 amide bonds. The summed E-state index contributed by atoms with van der Waals surface area (Å²) in [6.07, 6.45) is 2.31. The predicted molar refractivity (Wildman–Crippen MR) is 90.9 cm³/mol. The van der Waals surface area contributed by atoms with Crippen molar-refractivity contribution in [1.82, 2.24) is 10.2 Å². The van der Waals surface area contributed by atoms with Gasteiger partial charge >= 0.3 is 0 Å². The van der Waals surface area contributed by atoms with E-state index in [2.05, 4.69) is 58.6 Å². The van der Waals surface area contributed by atoms with Crippen molar-refractivity contribution in [3.05, 3.63) is 30.3 Å². The number of anilines is 1. The van der Waals surface area contributed by atoms with E-state index in [1.165, 1.54) is 12.1 Å². The molecule has 116 valence electrons. The zero-order valence-corrected chi connectivity index (χ0v) is 13.5. The van der Waals surface area contributed by atoms with E-state index in [9.17, 15) is 0 Å². The highest BCUT2D eigenvalue weighted by molar-refractivity contribution is 5.80. The Kier molecular flexibility index (Phi) is 5.48. The highest BCUT2D eigenvalue weighted by atomic mass is 15.3. The molecule has 1 heterocycles. The standard InChI is InChI=1S/C17H28N4/c1-17(2)10-13-21(14-17)16(18-3)20-12-7-11-19-15-8-5-4-6-9-15/h4-6,8-9,19H,7,10-14H2,1-3H3,(H,18,20). The van der Waals surface area contributed by atoms with E-state index in [0.717, 1.165) is 38.6 Å². The largest absolute Gasteiger partial charge is 0.385 e. The van der Waals surface area contributed by atoms with Crippen molar-refractivity contribution in [2.75, 3.05) is 38.5 Å². The molecule has 1 aliphatic rings. The van der Waals surface area contributed by atoms with Crippen molar-refractivity contribution in [3.8, 4) is 0 Å². The third-order valence-electron chi connectivity index (χ3n) is 3.93. The summed E-state index contributed by atoms with van der Waals surface area (Å²) in [6.45, 7) is 8.76. The van der Waals surface area contributed by atoms with Gasteiger partial charge in [0.2, 0.25) is 0 Å². The molecule has 1 aliphatic heterocycles. The van der Waals surface area contributed by atoms with E-state index in [0.29, 0.717) is 5.41 Å². The SMILES string of the molecule is CN=C(NCCCNc1ccccc1)N1CCC(C)(C)C1. The second-order valence-electron chi connectivity index (χ2n) is 6.46. The third kappa shape index (κ3) is 4.96. The minimum atomic E-state index is 0.409. The first-order chi connectivity index (χ1) is 10.1. The maximum atomic E-state index is 4.40. The van der Waals surface area contributed by atoms with E-state index in [1.54, 1.807) is 0 Å². The molecule has 0 aliphatic carbocycles. The van der Waals surface area contributed by atoms with E-state index >= 15 is 0 Å². The lowest BCUT2D eigenvalue weighted by Gasteiger charge is -2.23. The number of benzene rings is 1. The molecule has 21 heavy (non-hydrogen) atoms. The van der Waals surface area contributed by atoms with Gasteiger partial charge in [0, 0.05) is 38.9 Å². The van der Waals surface area contributed by atoms with Gasteiger partial charge in [-0.25, -0.2) is 0 Å². The topological polar surface area (TPSA) is 39.7 Å². The lowest BCUT2D eigenvalue weighted by atomic mass is 9.93. The average Bonchev–Trinajstić information content (AvgIpc) is 2.84. The Hall–Kier alpha value is -1.71. The Labute approximate surface area is 128 Å². The number of likely N-dealkylation sites (tertiary alicyclic amines) is 1. The van der Waals surface area contributed by atoms with E-state index in [-0.39, 0.29) is 0 Å². The number of hydrogen-bond acceptors (Lipinski definition) is 2. The Morgan fingerprint density at radius 1 is 1.24 bits per heavy atom. The number of hydrogen-bond donors (Lipinski definition) is 2. The van der Waals surface area contributed by atoms with Gasteiger partial charge < -0.3 is 15.5 Å². The fraction of sp³-hybridized carbons (Fsp3) is 0.588. The third-order valence-corrected chi connectivity index (χ3v) is 3.93. The van der Waals surface area contributed by atoms with Crippen molar-refractivity contribution in [1.29, 1.82) is 0 Å². The van der Waals surface area contributed by atoms with Crippen molar-refractivity contribution in [2.24, 2.45) is 10.4 Å². The molecule has 0 spiro atoms. The van der Waals surface area contributed by atoms with Crippen LogP contribution in [0, 0.1) is 5.41 Å². The lowest BCUT2D eigenvalue weighted by Crippen LogP contribution is -2.41. The summed E-state index contributed by atoms with van der Waals surface area (Å²) in [5.41, 5.74) is 1.59. The lowest BCUT2D eigenvalue weighted by molar-refractivity contribution is 0.370. The van der Waals surface area contributed by atoms with Gasteiger partial charge in [-0.2, -0.15) is 0 Å². The van der Waals surface area contributed by atoms with Crippen LogP contribution in [0.5, 0.6) is 0 Å². The minimum Gasteiger partial charge on any atom is -0.385 e. The monoisotopic (exact) mass is 288 g/mol. The summed E-state index contributed by atoms with van der Waals surface area (Å²) < 4.78 is 0. The number of aliphatic imine (C=N–C) groups is 1. The van der Waals surface area contributed by atoms with E-state index in [1.807, 2.05) is 13.1 Å². The van der Waals surface area contributed by atoms with Gasteiger partial charge in [-0.05, 0) is 30.4 Å². The van der Waals surface area contributed by atoms with Crippen LogP contribution in [0.25, 0.3) is 0 Å². The second kappa shape index (κ2) is 7.34. The molecule has 4 heteroatoms. The molecule has 4 nitrogen and oxygen atoms in total. The Bertz CT molecular complexity index is 453. The Balaban J connectivity index is 1.65. The number of guanidine groups is 1. The summed E-state index contributed by atoms with van der Waals surface area (Å²) in [4.78, 5) is 6.77. The molecule has 1 fully saturated rings. The highest BCUT2D eigenvalue weighted by Gasteiger charge is 2.30. The minimum absolute atomic E-state index is 0.409. The first-order valence-corrected chi connectivity index (χ1v) is 7.85.